The van der Waals surface area contributed by atoms with Gasteiger partial charge in [-0.25, -0.2) is 0 Å². The van der Waals surface area contributed by atoms with E-state index in [1.165, 1.54) is 18.2 Å². The van der Waals surface area contributed by atoms with Crippen LogP contribution in [0.2, 0.25) is 0 Å². The Morgan fingerprint density at radius 1 is 1.00 bits per heavy atom. The van der Waals surface area contributed by atoms with Gasteiger partial charge in [0, 0.05) is 12.1 Å². The van der Waals surface area contributed by atoms with Crippen molar-refractivity contribution in [1.82, 2.24) is 0 Å². The smallest absolute Gasteiger partial charge is 0.202 e. The zero-order valence-corrected chi connectivity index (χ0v) is 10.7. The number of phenols is 3. The molecular formula is C15H12O6. The third-order valence-corrected chi connectivity index (χ3v) is 3.32. The zero-order chi connectivity index (χ0) is 15.1. The summed E-state index contributed by atoms with van der Waals surface area (Å²) in [6, 6.07) is 8.16. The number of carbonyl (C=O) groups excluding carboxylic acids is 1. The van der Waals surface area contributed by atoms with Gasteiger partial charge in [-0.1, -0.05) is 12.1 Å². The van der Waals surface area contributed by atoms with Crippen molar-refractivity contribution in [1.29, 1.82) is 0 Å². The molecule has 2 aromatic carbocycles. The molecule has 1 heterocycles. The molecule has 0 amide bonds. The summed E-state index contributed by atoms with van der Waals surface area (Å²) in [6.07, 6.45) is -2.55. The molecule has 108 valence electrons. The van der Waals surface area contributed by atoms with Crippen LogP contribution in [0.25, 0.3) is 0 Å². The van der Waals surface area contributed by atoms with Gasteiger partial charge in [0.2, 0.25) is 5.78 Å². The van der Waals surface area contributed by atoms with Gasteiger partial charge in [-0.15, -0.1) is 0 Å². The number of hydrogen-bond donors (Lipinski definition) is 4. The van der Waals surface area contributed by atoms with E-state index in [0.29, 0.717) is 5.56 Å². The van der Waals surface area contributed by atoms with Crippen LogP contribution in [0, 0.1) is 0 Å². The molecule has 0 saturated heterocycles. The zero-order valence-electron chi connectivity index (χ0n) is 10.7. The Bertz CT molecular complexity index is 724. The van der Waals surface area contributed by atoms with Gasteiger partial charge < -0.3 is 25.2 Å². The summed E-state index contributed by atoms with van der Waals surface area (Å²) >= 11 is 0. The number of aromatic hydroxyl groups is 3. The van der Waals surface area contributed by atoms with Crippen LogP contribution >= 0.6 is 0 Å². The van der Waals surface area contributed by atoms with Crippen molar-refractivity contribution in [3.05, 3.63) is 47.5 Å². The summed E-state index contributed by atoms with van der Waals surface area (Å²) in [7, 11) is 0. The number of hydrogen-bond acceptors (Lipinski definition) is 6. The second-order valence-corrected chi connectivity index (χ2v) is 4.78. The molecule has 2 atom stereocenters. The minimum absolute atomic E-state index is 0.0175. The number of Topliss-reactive ketones (excluding diaryl/α,β-unsaturated/α-hetero) is 1. The number of ketones is 1. The normalized spacial score (nSPS) is 20.7. The highest BCUT2D eigenvalue weighted by Gasteiger charge is 2.39. The Labute approximate surface area is 119 Å². The Morgan fingerprint density at radius 3 is 2.48 bits per heavy atom. The molecule has 2 aromatic rings. The van der Waals surface area contributed by atoms with E-state index in [2.05, 4.69) is 0 Å². The van der Waals surface area contributed by atoms with Gasteiger partial charge in [0.25, 0.3) is 0 Å². The highest BCUT2D eigenvalue weighted by Crippen LogP contribution is 2.41. The van der Waals surface area contributed by atoms with Crippen molar-refractivity contribution >= 4 is 5.78 Å². The molecular weight excluding hydrogens is 276 g/mol. The highest BCUT2D eigenvalue weighted by atomic mass is 16.5. The topological polar surface area (TPSA) is 107 Å². The fourth-order valence-corrected chi connectivity index (χ4v) is 2.37. The van der Waals surface area contributed by atoms with Gasteiger partial charge in [0.15, 0.2) is 12.2 Å². The minimum atomic E-state index is -1.52. The molecule has 0 aliphatic carbocycles. The van der Waals surface area contributed by atoms with E-state index >= 15 is 0 Å². The van der Waals surface area contributed by atoms with Crippen LogP contribution in [0.5, 0.6) is 23.0 Å². The number of aliphatic hydroxyl groups is 1. The van der Waals surface area contributed by atoms with E-state index in [9.17, 15) is 25.2 Å². The molecule has 0 aromatic heterocycles. The lowest BCUT2D eigenvalue weighted by molar-refractivity contribution is 0.0210. The summed E-state index contributed by atoms with van der Waals surface area (Å²) in [5.74, 6) is -1.47. The van der Waals surface area contributed by atoms with Gasteiger partial charge in [0.1, 0.15) is 28.6 Å². The second kappa shape index (κ2) is 4.68. The molecule has 6 heteroatoms. The van der Waals surface area contributed by atoms with E-state index in [-0.39, 0.29) is 22.8 Å². The summed E-state index contributed by atoms with van der Waals surface area (Å²) in [6.45, 7) is 0. The van der Waals surface area contributed by atoms with Gasteiger partial charge in [0.05, 0.1) is 0 Å². The molecule has 1 aliphatic rings. The van der Waals surface area contributed by atoms with Crippen molar-refractivity contribution in [3.63, 3.8) is 0 Å². The lowest BCUT2D eigenvalue weighted by Gasteiger charge is -2.30. The van der Waals surface area contributed by atoms with Gasteiger partial charge in [-0.05, 0) is 17.7 Å². The quantitative estimate of drug-likeness (QED) is 0.633. The van der Waals surface area contributed by atoms with Crippen molar-refractivity contribution < 1.29 is 30.0 Å². The minimum Gasteiger partial charge on any atom is -0.508 e. The molecule has 0 fully saturated rings. The van der Waals surface area contributed by atoms with Crippen LogP contribution in [-0.2, 0) is 0 Å². The predicted molar refractivity (Wildman–Crippen MR) is 71.6 cm³/mol. The fraction of sp³-hybridized carbons (Fsp3) is 0.133. The van der Waals surface area contributed by atoms with Gasteiger partial charge >= 0.3 is 0 Å². The van der Waals surface area contributed by atoms with Crippen LogP contribution in [0.4, 0.5) is 0 Å². The lowest BCUT2D eigenvalue weighted by atomic mass is 9.93. The first kappa shape index (κ1) is 13.3. The van der Waals surface area contributed by atoms with Crippen LogP contribution in [0.15, 0.2) is 36.4 Å². The molecule has 0 bridgehead atoms. The molecule has 0 saturated carbocycles. The summed E-state index contributed by atoms with van der Waals surface area (Å²) in [4.78, 5) is 12.2. The number of rotatable bonds is 1. The van der Waals surface area contributed by atoms with Crippen molar-refractivity contribution in [2.45, 2.75) is 12.2 Å². The average molecular weight is 288 g/mol. The first-order valence-electron chi connectivity index (χ1n) is 6.21. The highest BCUT2D eigenvalue weighted by molar-refractivity contribution is 6.05. The van der Waals surface area contributed by atoms with Crippen LogP contribution in [0.3, 0.4) is 0 Å². The number of benzene rings is 2. The van der Waals surface area contributed by atoms with E-state index in [1.807, 2.05) is 0 Å². The summed E-state index contributed by atoms with van der Waals surface area (Å²) in [5.41, 5.74) is 0.237. The SMILES string of the molecule is O=C1c2c(O)cc(O)cc2O[C@H](c2cccc(O)c2)[C@H]1O. The molecule has 3 rings (SSSR count). The fourth-order valence-electron chi connectivity index (χ4n) is 2.37. The molecule has 0 spiro atoms. The second-order valence-electron chi connectivity index (χ2n) is 4.78. The van der Waals surface area contributed by atoms with Crippen LogP contribution in [-0.4, -0.2) is 32.3 Å². The Balaban J connectivity index is 2.09. The molecule has 0 radical (unpaired) electrons. The predicted octanol–water partition coefficient (Wildman–Crippen LogP) is 1.48. The van der Waals surface area contributed by atoms with Crippen molar-refractivity contribution in [2.75, 3.05) is 0 Å². The molecule has 0 unspecified atom stereocenters. The number of carbonyl (C=O) groups is 1. The molecule has 4 N–H and O–H groups in total. The maximum absolute atomic E-state index is 12.2. The number of aliphatic hydroxyl groups excluding tert-OH is 1. The van der Waals surface area contributed by atoms with Crippen molar-refractivity contribution in [3.8, 4) is 23.0 Å². The van der Waals surface area contributed by atoms with E-state index < -0.39 is 23.7 Å². The largest absolute Gasteiger partial charge is 0.508 e. The molecule has 21 heavy (non-hydrogen) atoms. The summed E-state index contributed by atoms with van der Waals surface area (Å²) in [5, 5.41) is 38.8. The Kier molecular flexibility index (Phi) is 2.95. The average Bonchev–Trinajstić information content (AvgIpc) is 2.42. The number of ether oxygens (including phenoxy) is 1. The summed E-state index contributed by atoms with van der Waals surface area (Å²) < 4.78 is 5.52. The third kappa shape index (κ3) is 2.15. The van der Waals surface area contributed by atoms with Crippen LogP contribution < -0.4 is 4.74 Å². The van der Waals surface area contributed by atoms with Gasteiger partial charge in [-0.2, -0.15) is 0 Å². The van der Waals surface area contributed by atoms with E-state index in [4.69, 9.17) is 4.74 Å². The Morgan fingerprint density at radius 2 is 1.76 bits per heavy atom. The third-order valence-electron chi connectivity index (χ3n) is 3.32. The Hall–Kier alpha value is -2.73. The number of phenolic OH excluding ortho intramolecular Hbond substituents is 3. The first-order valence-corrected chi connectivity index (χ1v) is 6.21. The first-order chi connectivity index (χ1) is 9.97. The van der Waals surface area contributed by atoms with E-state index in [1.54, 1.807) is 12.1 Å². The monoisotopic (exact) mass is 288 g/mol. The maximum Gasteiger partial charge on any atom is 0.202 e. The van der Waals surface area contributed by atoms with Crippen LogP contribution in [0.1, 0.15) is 22.0 Å². The van der Waals surface area contributed by atoms with E-state index in [0.717, 1.165) is 6.07 Å². The number of fused-ring (bicyclic) bond motifs is 1. The van der Waals surface area contributed by atoms with Crippen molar-refractivity contribution in [2.24, 2.45) is 0 Å². The molecule has 6 nitrogen and oxygen atoms in total. The van der Waals surface area contributed by atoms with Gasteiger partial charge in [-0.3, -0.25) is 4.79 Å². The molecule has 1 aliphatic heterocycles. The standard InChI is InChI=1S/C15H12O6/c16-8-3-1-2-7(4-8)15-14(20)13(19)12-10(18)5-9(17)6-11(12)21-15/h1-6,14-18,20H/t14-,15+/m0/s1. The maximum atomic E-state index is 12.2. The lowest BCUT2D eigenvalue weighted by Crippen LogP contribution is -2.36.